The molecule has 22 heavy (non-hydrogen) atoms. The number of rotatable bonds is 6. The fourth-order valence-corrected chi connectivity index (χ4v) is 4.78. The van der Waals surface area contributed by atoms with Crippen LogP contribution in [0.3, 0.4) is 0 Å². The van der Waals surface area contributed by atoms with E-state index in [-0.39, 0.29) is 10.8 Å². The highest BCUT2D eigenvalue weighted by Gasteiger charge is 2.25. The Morgan fingerprint density at radius 2 is 1.23 bits per heavy atom. The first-order valence-corrected chi connectivity index (χ1v) is 9.98. The van der Waals surface area contributed by atoms with Gasteiger partial charge in [-0.05, 0) is 63.0 Å². The van der Waals surface area contributed by atoms with Crippen molar-refractivity contribution in [1.82, 2.24) is 0 Å². The SMILES string of the molecule is CCCCCCCc1cc(C(C)(C)C)c(I)c(C(C)(C)C)c1. The maximum absolute atomic E-state index is 2.56. The molecule has 0 heterocycles. The molecule has 0 spiro atoms. The van der Waals surface area contributed by atoms with Gasteiger partial charge < -0.3 is 0 Å². The zero-order chi connectivity index (χ0) is 17.0. The van der Waals surface area contributed by atoms with Crippen LogP contribution in [0.15, 0.2) is 12.1 Å². The smallest absolute Gasteiger partial charge is 0.0205 e. The maximum atomic E-state index is 2.56. The number of halogens is 1. The molecule has 0 aliphatic heterocycles. The van der Waals surface area contributed by atoms with Crippen molar-refractivity contribution in [3.05, 3.63) is 32.4 Å². The van der Waals surface area contributed by atoms with Crippen LogP contribution < -0.4 is 0 Å². The van der Waals surface area contributed by atoms with Crippen LogP contribution in [0.1, 0.15) is 97.3 Å². The Morgan fingerprint density at radius 3 is 1.64 bits per heavy atom. The summed E-state index contributed by atoms with van der Waals surface area (Å²) < 4.78 is 1.47. The molecule has 0 fully saturated rings. The lowest BCUT2D eigenvalue weighted by atomic mass is 9.79. The molecule has 1 heteroatoms. The standard InChI is InChI=1S/C21H35I/c1-8-9-10-11-12-13-16-14-17(20(2,3)4)19(22)18(15-16)21(5,6)7/h14-15H,8-13H2,1-7H3. The van der Waals surface area contributed by atoms with Crippen LogP contribution >= 0.6 is 22.6 Å². The predicted molar refractivity (Wildman–Crippen MR) is 109 cm³/mol. The van der Waals surface area contributed by atoms with Gasteiger partial charge in [-0.1, -0.05) is 86.3 Å². The normalized spacial score (nSPS) is 12.7. The lowest BCUT2D eigenvalue weighted by Crippen LogP contribution is -2.20. The maximum Gasteiger partial charge on any atom is 0.0205 e. The van der Waals surface area contributed by atoms with E-state index in [0.717, 1.165) is 0 Å². The minimum atomic E-state index is 0.217. The van der Waals surface area contributed by atoms with Gasteiger partial charge in [-0.2, -0.15) is 0 Å². The van der Waals surface area contributed by atoms with E-state index in [0.29, 0.717) is 0 Å². The van der Waals surface area contributed by atoms with Crippen LogP contribution in [-0.2, 0) is 17.3 Å². The summed E-state index contributed by atoms with van der Waals surface area (Å²) in [5.74, 6) is 0. The molecule has 0 unspecified atom stereocenters. The van der Waals surface area contributed by atoms with Crippen LogP contribution in [0.2, 0.25) is 0 Å². The molecule has 0 bridgehead atoms. The van der Waals surface area contributed by atoms with E-state index < -0.39 is 0 Å². The molecular weight excluding hydrogens is 379 g/mol. The highest BCUT2D eigenvalue weighted by molar-refractivity contribution is 14.1. The van der Waals surface area contributed by atoms with Gasteiger partial charge in [-0.15, -0.1) is 0 Å². The summed E-state index contributed by atoms with van der Waals surface area (Å²) in [6.45, 7) is 16.3. The summed E-state index contributed by atoms with van der Waals surface area (Å²) >= 11 is 2.56. The second-order valence-corrected chi connectivity index (χ2v) is 9.75. The Balaban J connectivity index is 3.03. The summed E-state index contributed by atoms with van der Waals surface area (Å²) in [6.07, 6.45) is 8.02. The zero-order valence-corrected chi connectivity index (χ0v) is 17.9. The van der Waals surface area contributed by atoms with Crippen molar-refractivity contribution < 1.29 is 0 Å². The minimum Gasteiger partial charge on any atom is -0.0654 e. The van der Waals surface area contributed by atoms with Gasteiger partial charge in [0.25, 0.3) is 0 Å². The topological polar surface area (TPSA) is 0 Å². The first kappa shape index (κ1) is 20.0. The van der Waals surface area contributed by atoms with Crippen molar-refractivity contribution in [1.29, 1.82) is 0 Å². The molecule has 0 saturated carbocycles. The van der Waals surface area contributed by atoms with Gasteiger partial charge in [-0.25, -0.2) is 0 Å². The molecule has 0 amide bonds. The van der Waals surface area contributed by atoms with Crippen molar-refractivity contribution >= 4 is 22.6 Å². The Kier molecular flexibility index (Phi) is 7.42. The highest BCUT2D eigenvalue weighted by Crippen LogP contribution is 2.36. The molecule has 0 saturated heterocycles. The van der Waals surface area contributed by atoms with E-state index in [9.17, 15) is 0 Å². The molecule has 0 aromatic heterocycles. The van der Waals surface area contributed by atoms with E-state index in [2.05, 4.69) is 83.2 Å². The Labute approximate surface area is 152 Å². The van der Waals surface area contributed by atoms with Crippen LogP contribution in [0.25, 0.3) is 0 Å². The van der Waals surface area contributed by atoms with Crippen molar-refractivity contribution in [2.75, 3.05) is 0 Å². The first-order valence-electron chi connectivity index (χ1n) is 8.90. The molecule has 0 radical (unpaired) electrons. The van der Waals surface area contributed by atoms with Gasteiger partial charge >= 0.3 is 0 Å². The van der Waals surface area contributed by atoms with Gasteiger partial charge in [0.1, 0.15) is 0 Å². The largest absolute Gasteiger partial charge is 0.0654 e. The van der Waals surface area contributed by atoms with Crippen LogP contribution in [-0.4, -0.2) is 0 Å². The monoisotopic (exact) mass is 414 g/mol. The average molecular weight is 414 g/mol. The third-order valence-electron chi connectivity index (χ3n) is 4.32. The van der Waals surface area contributed by atoms with Gasteiger partial charge in [-0.3, -0.25) is 0 Å². The molecule has 1 rings (SSSR count). The molecule has 0 N–H and O–H groups in total. The molecular formula is C21H35I. The third-order valence-corrected chi connectivity index (χ3v) is 5.48. The van der Waals surface area contributed by atoms with Crippen molar-refractivity contribution in [3.63, 3.8) is 0 Å². The predicted octanol–water partition coefficient (Wildman–Crippen LogP) is 7.40. The molecule has 126 valence electrons. The zero-order valence-electron chi connectivity index (χ0n) is 15.8. The summed E-state index contributed by atoms with van der Waals surface area (Å²) in [4.78, 5) is 0. The molecule has 0 atom stereocenters. The van der Waals surface area contributed by atoms with E-state index >= 15 is 0 Å². The number of hydrogen-bond donors (Lipinski definition) is 0. The fraction of sp³-hybridized carbons (Fsp3) is 0.714. The number of benzene rings is 1. The van der Waals surface area contributed by atoms with E-state index in [1.54, 1.807) is 0 Å². The molecule has 0 aliphatic carbocycles. The lowest BCUT2D eigenvalue weighted by molar-refractivity contribution is 0.559. The number of unbranched alkanes of at least 4 members (excludes halogenated alkanes) is 4. The molecule has 1 aromatic carbocycles. The number of hydrogen-bond acceptors (Lipinski definition) is 0. The van der Waals surface area contributed by atoms with Crippen LogP contribution in [0.4, 0.5) is 0 Å². The second-order valence-electron chi connectivity index (χ2n) is 8.67. The Morgan fingerprint density at radius 1 is 0.773 bits per heavy atom. The lowest BCUT2D eigenvalue weighted by Gasteiger charge is -2.29. The van der Waals surface area contributed by atoms with Crippen LogP contribution in [0, 0.1) is 3.57 Å². The van der Waals surface area contributed by atoms with Gasteiger partial charge in [0, 0.05) is 3.57 Å². The Hall–Kier alpha value is -0.0500. The average Bonchev–Trinajstić information content (AvgIpc) is 2.37. The molecule has 0 nitrogen and oxygen atoms in total. The second kappa shape index (κ2) is 8.17. The summed E-state index contributed by atoms with van der Waals surface area (Å²) in [5, 5.41) is 0. The molecule has 1 aromatic rings. The Bertz CT molecular complexity index is 437. The van der Waals surface area contributed by atoms with Gasteiger partial charge in [0.05, 0.1) is 0 Å². The van der Waals surface area contributed by atoms with Crippen molar-refractivity contribution in [2.24, 2.45) is 0 Å². The van der Waals surface area contributed by atoms with E-state index in [4.69, 9.17) is 0 Å². The quantitative estimate of drug-likeness (QED) is 0.336. The van der Waals surface area contributed by atoms with Gasteiger partial charge in [0.15, 0.2) is 0 Å². The number of aryl methyl sites for hydroxylation is 1. The van der Waals surface area contributed by atoms with E-state index in [1.807, 2.05) is 0 Å². The van der Waals surface area contributed by atoms with Crippen molar-refractivity contribution in [3.8, 4) is 0 Å². The molecule has 0 aliphatic rings. The van der Waals surface area contributed by atoms with Crippen molar-refractivity contribution in [2.45, 2.75) is 97.8 Å². The minimum absolute atomic E-state index is 0.217. The third kappa shape index (κ3) is 5.86. The first-order chi connectivity index (χ1) is 10.1. The summed E-state index contributed by atoms with van der Waals surface area (Å²) in [7, 11) is 0. The highest BCUT2D eigenvalue weighted by atomic mass is 127. The van der Waals surface area contributed by atoms with E-state index in [1.165, 1.54) is 58.8 Å². The van der Waals surface area contributed by atoms with Crippen LogP contribution in [0.5, 0.6) is 0 Å². The van der Waals surface area contributed by atoms with Gasteiger partial charge in [0.2, 0.25) is 0 Å². The fourth-order valence-electron chi connectivity index (χ4n) is 2.85. The summed E-state index contributed by atoms with van der Waals surface area (Å²) in [6, 6.07) is 4.94. The summed E-state index contributed by atoms with van der Waals surface area (Å²) in [5.41, 5.74) is 5.00.